The lowest BCUT2D eigenvalue weighted by molar-refractivity contribution is -0.389. The Kier molecular flexibility index (Phi) is 2.81. The van der Waals surface area contributed by atoms with Gasteiger partial charge >= 0.3 is 5.82 Å². The Morgan fingerprint density at radius 3 is 3.05 bits per heavy atom. The first kappa shape index (κ1) is 12.6. The molecule has 0 aromatic carbocycles. The van der Waals surface area contributed by atoms with Crippen molar-refractivity contribution in [2.45, 2.75) is 18.9 Å². The molecule has 0 N–H and O–H groups in total. The minimum absolute atomic E-state index is 0.0806. The number of fused-ring (bicyclic) bond motifs is 2. The third-order valence-corrected chi connectivity index (χ3v) is 4.55. The van der Waals surface area contributed by atoms with Gasteiger partial charge in [0, 0.05) is 31.7 Å². The van der Waals surface area contributed by atoms with Gasteiger partial charge in [-0.2, -0.15) is 9.38 Å². The van der Waals surface area contributed by atoms with Gasteiger partial charge in [0.15, 0.2) is 0 Å². The van der Waals surface area contributed by atoms with Crippen molar-refractivity contribution in [1.29, 1.82) is 0 Å². The summed E-state index contributed by atoms with van der Waals surface area (Å²) in [6.07, 6.45) is 4.11. The molecular formula is C14H17N5O2. The summed E-state index contributed by atoms with van der Waals surface area (Å²) in [6.45, 7) is 3.77. The van der Waals surface area contributed by atoms with Gasteiger partial charge in [0.2, 0.25) is 11.5 Å². The lowest BCUT2D eigenvalue weighted by Crippen LogP contribution is -2.50. The zero-order valence-electron chi connectivity index (χ0n) is 11.7. The van der Waals surface area contributed by atoms with E-state index in [1.54, 1.807) is 16.7 Å². The highest BCUT2D eigenvalue weighted by Crippen LogP contribution is 2.32. The summed E-state index contributed by atoms with van der Waals surface area (Å²) in [5.74, 6) is 0.592. The number of nitro groups is 1. The van der Waals surface area contributed by atoms with Crippen molar-refractivity contribution in [2.24, 2.45) is 0 Å². The molecule has 2 saturated heterocycles. The summed E-state index contributed by atoms with van der Waals surface area (Å²) < 4.78 is 1.57. The van der Waals surface area contributed by atoms with E-state index in [1.165, 1.54) is 12.8 Å². The van der Waals surface area contributed by atoms with Crippen LogP contribution in [0.25, 0.3) is 5.65 Å². The van der Waals surface area contributed by atoms with E-state index in [1.807, 2.05) is 12.1 Å². The van der Waals surface area contributed by atoms with Crippen LogP contribution < -0.4 is 4.90 Å². The molecule has 2 aliphatic heterocycles. The van der Waals surface area contributed by atoms with Crippen LogP contribution >= 0.6 is 0 Å². The Hall–Kier alpha value is -2.15. The maximum atomic E-state index is 11.5. The number of nitrogens with zero attached hydrogens (tertiary/aromatic N) is 5. The minimum Gasteiger partial charge on any atom is -0.358 e. The maximum Gasteiger partial charge on any atom is 0.372 e. The van der Waals surface area contributed by atoms with E-state index in [4.69, 9.17) is 0 Å². The molecule has 7 nitrogen and oxygen atoms in total. The molecule has 0 unspecified atom stereocenters. The number of aromatic nitrogens is 2. The van der Waals surface area contributed by atoms with Crippen molar-refractivity contribution in [3.63, 3.8) is 0 Å². The predicted molar refractivity (Wildman–Crippen MR) is 78.7 cm³/mol. The number of pyridine rings is 1. The highest BCUT2D eigenvalue weighted by atomic mass is 16.6. The summed E-state index contributed by atoms with van der Waals surface area (Å²) in [4.78, 5) is 20.2. The molecule has 2 aromatic heterocycles. The van der Waals surface area contributed by atoms with E-state index in [2.05, 4.69) is 14.8 Å². The molecule has 21 heavy (non-hydrogen) atoms. The number of anilines is 1. The fourth-order valence-corrected chi connectivity index (χ4v) is 3.54. The fraction of sp³-hybridized carbons (Fsp3) is 0.500. The van der Waals surface area contributed by atoms with Gasteiger partial charge in [-0.25, -0.2) is 0 Å². The Bertz CT molecular complexity index is 698. The van der Waals surface area contributed by atoms with Crippen molar-refractivity contribution in [2.75, 3.05) is 31.1 Å². The van der Waals surface area contributed by atoms with Gasteiger partial charge in [0.1, 0.15) is 0 Å². The molecule has 2 aromatic rings. The third kappa shape index (κ3) is 1.96. The standard InChI is InChI=1S/C14H17N5O2/c20-19(21)14-13(15-12-5-1-2-7-18(12)14)17-9-8-16-6-3-4-11(16)10-17/h1-2,5,7,11H,3-4,6,8-10H2/t11-/m0/s1. The monoisotopic (exact) mass is 287 g/mol. The van der Waals surface area contributed by atoms with Crippen LogP contribution in [0.15, 0.2) is 24.4 Å². The van der Waals surface area contributed by atoms with Gasteiger partial charge in [-0.15, -0.1) is 0 Å². The van der Waals surface area contributed by atoms with Crippen LogP contribution in [0.2, 0.25) is 0 Å². The number of rotatable bonds is 2. The highest BCUT2D eigenvalue weighted by molar-refractivity contribution is 5.63. The summed E-state index contributed by atoms with van der Waals surface area (Å²) in [5, 5.41) is 11.5. The lowest BCUT2D eigenvalue weighted by atomic mass is 10.1. The number of imidazole rings is 1. The van der Waals surface area contributed by atoms with Crippen LogP contribution in [0.5, 0.6) is 0 Å². The summed E-state index contributed by atoms with van der Waals surface area (Å²) in [7, 11) is 0. The number of hydrogen-bond acceptors (Lipinski definition) is 5. The first-order valence-corrected chi connectivity index (χ1v) is 7.34. The predicted octanol–water partition coefficient (Wildman–Crippen LogP) is 1.53. The van der Waals surface area contributed by atoms with Crippen LogP contribution in [-0.4, -0.2) is 51.4 Å². The lowest BCUT2D eigenvalue weighted by Gasteiger charge is -2.37. The average molecular weight is 287 g/mol. The van der Waals surface area contributed by atoms with E-state index >= 15 is 0 Å². The number of piperazine rings is 1. The molecule has 1 atom stereocenters. The zero-order chi connectivity index (χ0) is 14.4. The van der Waals surface area contributed by atoms with Gasteiger partial charge in [-0.05, 0) is 30.4 Å². The molecular weight excluding hydrogens is 270 g/mol. The average Bonchev–Trinajstić information content (AvgIpc) is 3.10. The van der Waals surface area contributed by atoms with Crippen molar-refractivity contribution in [3.05, 3.63) is 34.5 Å². The first-order chi connectivity index (χ1) is 10.2. The van der Waals surface area contributed by atoms with Gasteiger partial charge in [-0.3, -0.25) is 4.90 Å². The van der Waals surface area contributed by atoms with Crippen molar-refractivity contribution < 1.29 is 4.92 Å². The van der Waals surface area contributed by atoms with Crippen LogP contribution in [0.3, 0.4) is 0 Å². The summed E-state index contributed by atoms with van der Waals surface area (Å²) >= 11 is 0. The van der Waals surface area contributed by atoms with Crippen molar-refractivity contribution >= 4 is 17.3 Å². The van der Waals surface area contributed by atoms with E-state index in [0.717, 1.165) is 26.2 Å². The minimum atomic E-state index is -0.323. The maximum absolute atomic E-state index is 11.5. The van der Waals surface area contributed by atoms with E-state index < -0.39 is 0 Å². The van der Waals surface area contributed by atoms with Crippen molar-refractivity contribution in [3.8, 4) is 0 Å². The molecule has 0 spiro atoms. The van der Waals surface area contributed by atoms with Crippen LogP contribution in [0.4, 0.5) is 11.6 Å². The number of hydrogen-bond donors (Lipinski definition) is 0. The second kappa shape index (κ2) is 4.70. The van der Waals surface area contributed by atoms with E-state index in [0.29, 0.717) is 17.5 Å². The van der Waals surface area contributed by atoms with Gasteiger partial charge in [0.25, 0.3) is 0 Å². The summed E-state index contributed by atoms with van der Waals surface area (Å²) in [6, 6.07) is 5.97. The smallest absolute Gasteiger partial charge is 0.358 e. The molecule has 4 rings (SSSR count). The van der Waals surface area contributed by atoms with Crippen LogP contribution in [0, 0.1) is 10.1 Å². The molecule has 0 saturated carbocycles. The Morgan fingerprint density at radius 1 is 1.29 bits per heavy atom. The zero-order valence-corrected chi connectivity index (χ0v) is 11.7. The molecule has 2 aliphatic rings. The molecule has 0 bridgehead atoms. The molecule has 7 heteroatoms. The molecule has 0 amide bonds. The van der Waals surface area contributed by atoms with Gasteiger partial charge in [0.05, 0.1) is 6.20 Å². The Morgan fingerprint density at radius 2 is 2.19 bits per heavy atom. The van der Waals surface area contributed by atoms with Crippen LogP contribution in [-0.2, 0) is 0 Å². The quantitative estimate of drug-likeness (QED) is 0.619. The second-order valence-corrected chi connectivity index (χ2v) is 5.72. The molecule has 110 valence electrons. The Balaban J connectivity index is 1.75. The highest BCUT2D eigenvalue weighted by Gasteiger charge is 2.35. The first-order valence-electron chi connectivity index (χ1n) is 7.34. The Labute approximate surface area is 121 Å². The summed E-state index contributed by atoms with van der Waals surface area (Å²) in [5.41, 5.74) is 0.632. The SMILES string of the molecule is O=[N+]([O-])c1c(N2CCN3CCC[C@H]3C2)nc2ccccn12. The van der Waals surface area contributed by atoms with E-state index in [9.17, 15) is 10.1 Å². The van der Waals surface area contributed by atoms with Crippen molar-refractivity contribution in [1.82, 2.24) is 14.3 Å². The van der Waals surface area contributed by atoms with Gasteiger partial charge in [-0.1, -0.05) is 6.07 Å². The molecule has 4 heterocycles. The third-order valence-electron chi connectivity index (χ3n) is 4.55. The van der Waals surface area contributed by atoms with E-state index in [-0.39, 0.29) is 10.7 Å². The van der Waals surface area contributed by atoms with Gasteiger partial charge < -0.3 is 15.0 Å². The molecule has 2 fully saturated rings. The second-order valence-electron chi connectivity index (χ2n) is 5.72. The normalized spacial score (nSPS) is 22.7. The largest absolute Gasteiger partial charge is 0.372 e. The van der Waals surface area contributed by atoms with Crippen LogP contribution in [0.1, 0.15) is 12.8 Å². The molecule has 0 radical (unpaired) electrons. The fourth-order valence-electron chi connectivity index (χ4n) is 3.54. The molecule has 0 aliphatic carbocycles. The topological polar surface area (TPSA) is 66.9 Å².